The number of carbonyl (C=O) groups excluding carboxylic acids is 2. The number of aliphatic hydroxyl groups is 1. The minimum Gasteiger partial charge on any atom is -0.507 e. The standard InChI is InChI=1S/C22H23NO7/c1-28-11-10-23-19(13-8-9-17(30-3)15(24)12-13)18(21(26)22(23)27)20(25)14-6-4-5-7-16(14)29-2/h4-9,12,19,24-25H,10-11H2,1-3H3/b20-18-. The number of aliphatic hydroxyl groups excluding tert-OH is 1. The van der Waals surface area contributed by atoms with Crippen LogP contribution in [-0.2, 0) is 14.3 Å². The first-order chi connectivity index (χ1) is 14.4. The van der Waals surface area contributed by atoms with E-state index in [4.69, 9.17) is 14.2 Å². The van der Waals surface area contributed by atoms with Crippen LogP contribution >= 0.6 is 0 Å². The summed E-state index contributed by atoms with van der Waals surface area (Å²) in [5.41, 5.74) is 0.637. The molecule has 1 saturated heterocycles. The van der Waals surface area contributed by atoms with E-state index in [1.165, 1.54) is 38.4 Å². The number of carbonyl (C=O) groups is 2. The smallest absolute Gasteiger partial charge is 0.295 e. The Hall–Kier alpha value is -3.52. The van der Waals surface area contributed by atoms with Crippen LogP contribution in [0.25, 0.3) is 5.76 Å². The second-order valence-electron chi connectivity index (χ2n) is 6.62. The van der Waals surface area contributed by atoms with Crippen molar-refractivity contribution in [3.8, 4) is 17.2 Å². The maximum atomic E-state index is 12.9. The van der Waals surface area contributed by atoms with E-state index in [1.807, 2.05) is 0 Å². The number of para-hydroxylation sites is 1. The molecule has 8 heteroatoms. The van der Waals surface area contributed by atoms with Crippen molar-refractivity contribution in [1.82, 2.24) is 4.90 Å². The Morgan fingerprint density at radius 1 is 1.03 bits per heavy atom. The largest absolute Gasteiger partial charge is 0.507 e. The van der Waals surface area contributed by atoms with Crippen molar-refractivity contribution in [2.45, 2.75) is 6.04 Å². The third-order valence-corrected chi connectivity index (χ3v) is 4.96. The summed E-state index contributed by atoms with van der Waals surface area (Å²) in [6.45, 7) is 0.321. The molecule has 1 amide bonds. The second kappa shape index (κ2) is 8.87. The Labute approximate surface area is 173 Å². The molecule has 2 N–H and O–H groups in total. The van der Waals surface area contributed by atoms with E-state index in [2.05, 4.69) is 0 Å². The highest BCUT2D eigenvalue weighted by molar-refractivity contribution is 6.46. The first-order valence-electron chi connectivity index (χ1n) is 9.22. The highest BCUT2D eigenvalue weighted by atomic mass is 16.5. The average molecular weight is 413 g/mol. The summed E-state index contributed by atoms with van der Waals surface area (Å²) in [5.74, 6) is -1.49. The van der Waals surface area contributed by atoms with Gasteiger partial charge < -0.3 is 29.3 Å². The first-order valence-corrected chi connectivity index (χ1v) is 9.22. The predicted molar refractivity (Wildman–Crippen MR) is 109 cm³/mol. The zero-order valence-electron chi connectivity index (χ0n) is 16.9. The third kappa shape index (κ3) is 3.69. The fourth-order valence-corrected chi connectivity index (χ4v) is 3.51. The van der Waals surface area contributed by atoms with E-state index in [9.17, 15) is 19.8 Å². The molecule has 2 aromatic rings. The molecule has 1 fully saturated rings. The molecule has 0 radical (unpaired) electrons. The molecule has 158 valence electrons. The van der Waals surface area contributed by atoms with Gasteiger partial charge >= 0.3 is 0 Å². The van der Waals surface area contributed by atoms with E-state index in [1.54, 1.807) is 30.3 Å². The van der Waals surface area contributed by atoms with Crippen LogP contribution in [0, 0.1) is 0 Å². The summed E-state index contributed by atoms with van der Waals surface area (Å²) in [6.07, 6.45) is 0. The molecular formula is C22H23NO7. The Bertz CT molecular complexity index is 999. The molecule has 0 aromatic heterocycles. The predicted octanol–water partition coefficient (Wildman–Crippen LogP) is 2.48. The molecule has 1 atom stereocenters. The van der Waals surface area contributed by atoms with Gasteiger partial charge in [-0.15, -0.1) is 0 Å². The summed E-state index contributed by atoms with van der Waals surface area (Å²) < 4.78 is 15.4. The summed E-state index contributed by atoms with van der Waals surface area (Å²) >= 11 is 0. The lowest BCUT2D eigenvalue weighted by Gasteiger charge is -2.25. The van der Waals surface area contributed by atoms with Gasteiger partial charge in [-0.3, -0.25) is 9.59 Å². The molecule has 0 aliphatic carbocycles. The molecule has 0 spiro atoms. The van der Waals surface area contributed by atoms with Crippen molar-refractivity contribution in [2.75, 3.05) is 34.5 Å². The number of phenolic OH excluding ortho intramolecular Hbond substituents is 1. The molecule has 1 heterocycles. The highest BCUT2D eigenvalue weighted by Crippen LogP contribution is 2.42. The van der Waals surface area contributed by atoms with Gasteiger partial charge in [-0.2, -0.15) is 0 Å². The Kier molecular flexibility index (Phi) is 6.27. The molecule has 0 bridgehead atoms. The van der Waals surface area contributed by atoms with Gasteiger partial charge in [0.05, 0.1) is 38.0 Å². The van der Waals surface area contributed by atoms with Gasteiger partial charge in [-0.05, 0) is 29.8 Å². The van der Waals surface area contributed by atoms with Gasteiger partial charge in [0.1, 0.15) is 11.5 Å². The summed E-state index contributed by atoms with van der Waals surface area (Å²) in [7, 11) is 4.35. The van der Waals surface area contributed by atoms with Gasteiger partial charge in [0, 0.05) is 13.7 Å². The van der Waals surface area contributed by atoms with E-state index < -0.39 is 17.7 Å². The fraction of sp³-hybridized carbons (Fsp3) is 0.273. The van der Waals surface area contributed by atoms with Gasteiger partial charge in [0.15, 0.2) is 11.5 Å². The third-order valence-electron chi connectivity index (χ3n) is 4.96. The van der Waals surface area contributed by atoms with Crippen LogP contribution in [0.5, 0.6) is 17.2 Å². The van der Waals surface area contributed by atoms with Crippen molar-refractivity contribution in [3.05, 3.63) is 59.2 Å². The number of Topliss-reactive ketones (excluding diaryl/α,β-unsaturated/α-hetero) is 1. The number of phenols is 1. The van der Waals surface area contributed by atoms with E-state index in [0.29, 0.717) is 11.3 Å². The number of rotatable bonds is 7. The van der Waals surface area contributed by atoms with Gasteiger partial charge in [-0.25, -0.2) is 0 Å². The molecule has 8 nitrogen and oxygen atoms in total. The molecule has 30 heavy (non-hydrogen) atoms. The lowest BCUT2D eigenvalue weighted by Crippen LogP contribution is -2.32. The van der Waals surface area contributed by atoms with E-state index in [-0.39, 0.29) is 41.5 Å². The lowest BCUT2D eigenvalue weighted by molar-refractivity contribution is -0.140. The maximum absolute atomic E-state index is 12.9. The molecule has 1 unspecified atom stereocenters. The van der Waals surface area contributed by atoms with Gasteiger partial charge in [0.25, 0.3) is 11.7 Å². The van der Waals surface area contributed by atoms with Crippen LogP contribution in [-0.4, -0.2) is 61.3 Å². The van der Waals surface area contributed by atoms with Crippen LogP contribution in [0.2, 0.25) is 0 Å². The Morgan fingerprint density at radius 2 is 1.73 bits per heavy atom. The van der Waals surface area contributed by atoms with Crippen LogP contribution in [0.1, 0.15) is 17.2 Å². The maximum Gasteiger partial charge on any atom is 0.295 e. The first kappa shape index (κ1) is 21.2. The normalized spacial score (nSPS) is 18.0. The lowest BCUT2D eigenvalue weighted by atomic mass is 9.94. The summed E-state index contributed by atoms with van der Waals surface area (Å²) in [6, 6.07) is 10.3. The number of nitrogens with zero attached hydrogens (tertiary/aromatic N) is 1. The number of hydrogen-bond donors (Lipinski definition) is 2. The summed E-state index contributed by atoms with van der Waals surface area (Å²) in [5, 5.41) is 21.3. The molecular weight excluding hydrogens is 390 g/mol. The van der Waals surface area contributed by atoms with Gasteiger partial charge in [-0.1, -0.05) is 18.2 Å². The van der Waals surface area contributed by atoms with Crippen molar-refractivity contribution >= 4 is 17.4 Å². The Balaban J connectivity index is 2.21. The second-order valence-corrected chi connectivity index (χ2v) is 6.62. The summed E-state index contributed by atoms with van der Waals surface area (Å²) in [4.78, 5) is 27.0. The van der Waals surface area contributed by atoms with Crippen LogP contribution in [0.15, 0.2) is 48.0 Å². The number of ether oxygens (including phenoxy) is 3. The molecule has 3 rings (SSSR count). The monoisotopic (exact) mass is 413 g/mol. The van der Waals surface area contributed by atoms with Crippen LogP contribution in [0.3, 0.4) is 0 Å². The van der Waals surface area contributed by atoms with Crippen LogP contribution < -0.4 is 9.47 Å². The van der Waals surface area contributed by atoms with Crippen molar-refractivity contribution in [2.24, 2.45) is 0 Å². The zero-order valence-corrected chi connectivity index (χ0v) is 16.9. The molecule has 1 aliphatic heterocycles. The number of aromatic hydroxyl groups is 1. The van der Waals surface area contributed by atoms with Gasteiger partial charge in [0.2, 0.25) is 0 Å². The zero-order chi connectivity index (χ0) is 21.8. The number of hydrogen-bond acceptors (Lipinski definition) is 7. The highest BCUT2D eigenvalue weighted by Gasteiger charge is 2.46. The SMILES string of the molecule is COCCN1C(=O)C(=O)/C(=C(\O)c2ccccc2OC)C1c1ccc(OC)c(O)c1. The van der Waals surface area contributed by atoms with Crippen molar-refractivity contribution in [3.63, 3.8) is 0 Å². The van der Waals surface area contributed by atoms with E-state index >= 15 is 0 Å². The minimum absolute atomic E-state index is 0.0924. The molecule has 0 saturated carbocycles. The van der Waals surface area contributed by atoms with Crippen LogP contribution in [0.4, 0.5) is 0 Å². The topological polar surface area (TPSA) is 106 Å². The number of likely N-dealkylation sites (tertiary alicyclic amines) is 1. The molecule has 1 aliphatic rings. The number of methoxy groups -OCH3 is 3. The van der Waals surface area contributed by atoms with Crippen molar-refractivity contribution < 1.29 is 34.0 Å². The minimum atomic E-state index is -0.915. The quantitative estimate of drug-likeness (QED) is 0.408. The van der Waals surface area contributed by atoms with E-state index in [0.717, 1.165) is 0 Å². The van der Waals surface area contributed by atoms with Crippen molar-refractivity contribution in [1.29, 1.82) is 0 Å². The number of benzene rings is 2. The fourth-order valence-electron chi connectivity index (χ4n) is 3.51. The average Bonchev–Trinajstić information content (AvgIpc) is 3.01. The Morgan fingerprint density at radius 3 is 2.37 bits per heavy atom. The molecule has 2 aromatic carbocycles. The number of amides is 1. The number of ketones is 1.